The number of amides is 2. The van der Waals surface area contributed by atoms with Crippen LogP contribution in [0.15, 0.2) is 0 Å². The van der Waals surface area contributed by atoms with Gasteiger partial charge in [-0.05, 0) is 12.3 Å². The summed E-state index contributed by atoms with van der Waals surface area (Å²) in [5, 5.41) is 7.53. The number of hydrogen-bond acceptors (Lipinski definition) is 5. The van der Waals surface area contributed by atoms with E-state index in [1.54, 1.807) is 12.0 Å². The van der Waals surface area contributed by atoms with Gasteiger partial charge in [-0.3, -0.25) is 4.21 Å². The molecule has 3 rings (SSSR count). The van der Waals surface area contributed by atoms with Crippen LogP contribution in [0.5, 0.6) is 0 Å². The zero-order valence-electron chi connectivity index (χ0n) is 14.2. The van der Waals surface area contributed by atoms with Crippen molar-refractivity contribution in [1.29, 1.82) is 0 Å². The molecule has 0 aromatic carbocycles. The maximum atomic E-state index is 12.5. The van der Waals surface area contributed by atoms with Gasteiger partial charge in [0.2, 0.25) is 0 Å². The van der Waals surface area contributed by atoms with Crippen LogP contribution in [0.25, 0.3) is 0 Å². The highest BCUT2D eigenvalue weighted by atomic mass is 32.2. The van der Waals surface area contributed by atoms with Crippen LogP contribution in [0.3, 0.4) is 0 Å². The third-order valence-electron chi connectivity index (χ3n) is 4.38. The monoisotopic (exact) mass is 355 g/mol. The fourth-order valence-electron chi connectivity index (χ4n) is 3.25. The first-order chi connectivity index (χ1) is 11.5. The number of nitrogens with zero attached hydrogens (tertiary/aromatic N) is 4. The molecule has 1 aromatic heterocycles. The SMILES string of the molecule is COCc1nc2n(n1)CC(NC(=O)N1CCS(=O)CC(C)C1)CC2. The molecule has 0 radical (unpaired) electrons. The second-order valence-corrected chi connectivity index (χ2v) is 8.23. The second kappa shape index (κ2) is 7.60. The maximum Gasteiger partial charge on any atom is 0.317 e. The molecular formula is C15H25N5O3S. The number of fused-ring (bicyclic) bond motifs is 1. The lowest BCUT2D eigenvalue weighted by Crippen LogP contribution is -2.49. The molecule has 134 valence electrons. The van der Waals surface area contributed by atoms with E-state index in [2.05, 4.69) is 15.4 Å². The van der Waals surface area contributed by atoms with Crippen molar-refractivity contribution in [3.05, 3.63) is 11.6 Å². The van der Waals surface area contributed by atoms with Crippen molar-refractivity contribution in [2.24, 2.45) is 5.92 Å². The Morgan fingerprint density at radius 3 is 3.08 bits per heavy atom. The molecular weight excluding hydrogens is 330 g/mol. The Morgan fingerprint density at radius 1 is 1.46 bits per heavy atom. The molecule has 24 heavy (non-hydrogen) atoms. The first kappa shape index (κ1) is 17.3. The number of aromatic nitrogens is 3. The van der Waals surface area contributed by atoms with Gasteiger partial charge < -0.3 is 15.0 Å². The van der Waals surface area contributed by atoms with Crippen LogP contribution >= 0.6 is 0 Å². The van der Waals surface area contributed by atoms with Gasteiger partial charge in [0.1, 0.15) is 12.4 Å². The molecule has 1 aromatic rings. The Balaban J connectivity index is 1.58. The Hall–Kier alpha value is -1.48. The third kappa shape index (κ3) is 4.13. The van der Waals surface area contributed by atoms with Gasteiger partial charge in [0.05, 0.1) is 12.6 Å². The van der Waals surface area contributed by atoms with Crippen LogP contribution in [0, 0.1) is 5.92 Å². The van der Waals surface area contributed by atoms with Crippen LogP contribution in [0.1, 0.15) is 25.0 Å². The van der Waals surface area contributed by atoms with Crippen LogP contribution in [-0.2, 0) is 35.1 Å². The number of hydrogen-bond donors (Lipinski definition) is 1. The molecule has 1 N–H and O–H groups in total. The zero-order chi connectivity index (χ0) is 17.1. The number of aryl methyl sites for hydroxylation is 1. The number of rotatable bonds is 3. The highest BCUT2D eigenvalue weighted by molar-refractivity contribution is 7.85. The van der Waals surface area contributed by atoms with Crippen molar-refractivity contribution in [3.8, 4) is 0 Å². The highest BCUT2D eigenvalue weighted by Crippen LogP contribution is 2.15. The molecule has 9 heteroatoms. The molecule has 2 aliphatic rings. The summed E-state index contributed by atoms with van der Waals surface area (Å²) in [7, 11) is 0.807. The molecule has 3 unspecified atom stereocenters. The second-order valence-electron chi connectivity index (χ2n) is 6.61. The van der Waals surface area contributed by atoms with E-state index in [0.717, 1.165) is 18.7 Å². The van der Waals surface area contributed by atoms with Crippen LogP contribution in [0.4, 0.5) is 4.79 Å². The number of nitrogens with one attached hydrogen (secondary N) is 1. The van der Waals surface area contributed by atoms with Gasteiger partial charge in [0.25, 0.3) is 0 Å². The van der Waals surface area contributed by atoms with Gasteiger partial charge in [-0.1, -0.05) is 6.92 Å². The molecule has 0 spiro atoms. The van der Waals surface area contributed by atoms with Crippen LogP contribution < -0.4 is 5.32 Å². The van der Waals surface area contributed by atoms with E-state index in [1.807, 2.05) is 11.6 Å². The van der Waals surface area contributed by atoms with Crippen molar-refractivity contribution in [3.63, 3.8) is 0 Å². The normalized spacial score (nSPS) is 27.4. The maximum absolute atomic E-state index is 12.5. The summed E-state index contributed by atoms with van der Waals surface area (Å²) in [5.41, 5.74) is 0. The van der Waals surface area contributed by atoms with Crippen molar-refractivity contribution in [2.45, 2.75) is 39.0 Å². The Labute approximate surface area is 144 Å². The van der Waals surface area contributed by atoms with E-state index in [4.69, 9.17) is 4.74 Å². The fourth-order valence-corrected chi connectivity index (χ4v) is 4.58. The van der Waals surface area contributed by atoms with Gasteiger partial charge >= 0.3 is 6.03 Å². The Bertz CT molecular complexity index is 620. The van der Waals surface area contributed by atoms with Crippen LogP contribution in [-0.4, -0.2) is 67.7 Å². The van der Waals surface area contributed by atoms with Crippen molar-refractivity contribution >= 4 is 16.8 Å². The van der Waals surface area contributed by atoms with Crippen molar-refractivity contribution in [1.82, 2.24) is 25.0 Å². The quantitative estimate of drug-likeness (QED) is 0.834. The molecule has 0 saturated carbocycles. The number of carbonyl (C=O) groups excluding carboxylic acids is 1. The smallest absolute Gasteiger partial charge is 0.317 e. The van der Waals surface area contributed by atoms with E-state index in [1.165, 1.54) is 0 Å². The molecule has 1 saturated heterocycles. The molecule has 8 nitrogen and oxygen atoms in total. The molecule has 1 fully saturated rings. The summed E-state index contributed by atoms with van der Waals surface area (Å²) >= 11 is 0. The van der Waals surface area contributed by atoms with Gasteiger partial charge in [-0.15, -0.1) is 0 Å². The summed E-state index contributed by atoms with van der Waals surface area (Å²) in [6.07, 6.45) is 1.65. The fraction of sp³-hybridized carbons (Fsp3) is 0.800. The first-order valence-electron chi connectivity index (χ1n) is 8.37. The summed E-state index contributed by atoms with van der Waals surface area (Å²) in [6.45, 7) is 4.30. The lowest BCUT2D eigenvalue weighted by Gasteiger charge is -2.28. The number of carbonyl (C=O) groups is 1. The molecule has 3 heterocycles. The molecule has 0 aliphatic carbocycles. The van der Waals surface area contributed by atoms with E-state index >= 15 is 0 Å². The van der Waals surface area contributed by atoms with Crippen molar-refractivity contribution in [2.75, 3.05) is 31.7 Å². The highest BCUT2D eigenvalue weighted by Gasteiger charge is 2.27. The first-order valence-corrected chi connectivity index (χ1v) is 9.86. The lowest BCUT2D eigenvalue weighted by atomic mass is 10.1. The lowest BCUT2D eigenvalue weighted by molar-refractivity contribution is 0.177. The summed E-state index contributed by atoms with van der Waals surface area (Å²) in [6, 6.07) is -0.0161. The predicted molar refractivity (Wildman–Crippen MR) is 90.0 cm³/mol. The van der Waals surface area contributed by atoms with Gasteiger partial charge in [0.15, 0.2) is 5.82 Å². The molecule has 2 amide bonds. The Kier molecular flexibility index (Phi) is 5.50. The zero-order valence-corrected chi connectivity index (χ0v) is 15.0. The number of methoxy groups -OCH3 is 1. The average Bonchev–Trinajstić information content (AvgIpc) is 2.84. The van der Waals surface area contributed by atoms with Crippen molar-refractivity contribution < 1.29 is 13.7 Å². The van der Waals surface area contributed by atoms with Gasteiger partial charge in [-0.25, -0.2) is 14.5 Å². The summed E-state index contributed by atoms with van der Waals surface area (Å²) < 4.78 is 18.7. The summed E-state index contributed by atoms with van der Waals surface area (Å²) in [5.74, 6) is 3.15. The van der Waals surface area contributed by atoms with E-state index in [-0.39, 0.29) is 18.0 Å². The average molecular weight is 355 g/mol. The minimum absolute atomic E-state index is 0.0474. The van der Waals surface area contributed by atoms with E-state index < -0.39 is 10.8 Å². The minimum atomic E-state index is -0.817. The number of urea groups is 1. The predicted octanol–water partition coefficient (Wildman–Crippen LogP) is 0.149. The van der Waals surface area contributed by atoms with Crippen LogP contribution in [0.2, 0.25) is 0 Å². The Morgan fingerprint density at radius 2 is 2.29 bits per heavy atom. The van der Waals surface area contributed by atoms with Gasteiger partial charge in [0, 0.05) is 48.9 Å². The largest absolute Gasteiger partial charge is 0.377 e. The molecule has 3 atom stereocenters. The summed E-state index contributed by atoms with van der Waals surface area (Å²) in [4.78, 5) is 18.8. The number of ether oxygens (including phenoxy) is 1. The van der Waals surface area contributed by atoms with Gasteiger partial charge in [-0.2, -0.15) is 5.10 Å². The standard InChI is InChI=1S/C15H25N5O3S/c1-11-7-19(5-6-24(22)10-11)15(21)16-12-3-4-14-17-13(9-23-2)18-20(14)8-12/h11-12H,3-10H2,1-2H3,(H,16,21). The topological polar surface area (TPSA) is 89.3 Å². The molecule has 2 aliphatic heterocycles. The third-order valence-corrected chi connectivity index (χ3v) is 5.96. The van der Waals surface area contributed by atoms with E-state index in [9.17, 15) is 9.00 Å². The van der Waals surface area contributed by atoms with E-state index in [0.29, 0.717) is 43.6 Å². The minimum Gasteiger partial charge on any atom is -0.377 e. The molecule has 0 bridgehead atoms.